The molecule has 0 radical (unpaired) electrons. The molecule has 1 amide bonds. The maximum absolute atomic E-state index is 12.9. The maximum atomic E-state index is 12.9. The van der Waals surface area contributed by atoms with Crippen LogP contribution in [0.1, 0.15) is 33.4 Å². The second-order valence-electron chi connectivity index (χ2n) is 10.8. The van der Waals surface area contributed by atoms with E-state index in [1.807, 2.05) is 30.0 Å². The van der Waals surface area contributed by atoms with Gasteiger partial charge in [-0.1, -0.05) is 71.3 Å². The molecule has 5 rings (SSSR count). The molecule has 0 bridgehead atoms. The fourth-order valence-corrected chi connectivity index (χ4v) is 5.12. The molecule has 1 fully saturated rings. The van der Waals surface area contributed by atoms with E-state index in [9.17, 15) is 4.79 Å². The Kier molecular flexibility index (Phi) is 9.57. The van der Waals surface area contributed by atoms with Gasteiger partial charge in [0.15, 0.2) is 5.75 Å². The molecule has 0 saturated carbocycles. The molecule has 3 aromatic carbocycles. The van der Waals surface area contributed by atoms with Crippen molar-refractivity contribution in [3.63, 3.8) is 0 Å². The lowest BCUT2D eigenvalue weighted by Gasteiger charge is -2.34. The third kappa shape index (κ3) is 7.99. The SMILES string of the molecule is Cc1ccc(COc2ccc(Oc3c(C)cc(C=CC(=O)N4CCN(Cc5ccc(C)cc5)CC4)cc3Cl)nc2)cc1. The summed E-state index contributed by atoms with van der Waals surface area (Å²) in [6.07, 6.45) is 5.07. The van der Waals surface area contributed by atoms with Gasteiger partial charge in [-0.25, -0.2) is 4.98 Å². The Bertz CT molecular complexity index is 1500. The quantitative estimate of drug-likeness (QED) is 0.193. The van der Waals surface area contributed by atoms with Crippen LogP contribution in [0, 0.1) is 20.8 Å². The number of nitrogens with zero attached hydrogens (tertiary/aromatic N) is 3. The highest BCUT2D eigenvalue weighted by atomic mass is 35.5. The summed E-state index contributed by atoms with van der Waals surface area (Å²) >= 11 is 6.59. The van der Waals surface area contributed by atoms with Crippen LogP contribution in [-0.2, 0) is 17.9 Å². The minimum atomic E-state index is 0.00738. The highest BCUT2D eigenvalue weighted by Gasteiger charge is 2.20. The van der Waals surface area contributed by atoms with Gasteiger partial charge in [-0.05, 0) is 67.3 Å². The van der Waals surface area contributed by atoms with Crippen molar-refractivity contribution < 1.29 is 14.3 Å². The molecular weight excluding hydrogens is 546 g/mol. The number of benzene rings is 3. The number of carbonyl (C=O) groups excluding carboxylic acids is 1. The molecular formula is C35H36ClN3O3. The number of aryl methyl sites for hydroxylation is 3. The predicted molar refractivity (Wildman–Crippen MR) is 168 cm³/mol. The number of rotatable bonds is 9. The molecule has 0 unspecified atom stereocenters. The van der Waals surface area contributed by atoms with Crippen molar-refractivity contribution >= 4 is 23.6 Å². The third-order valence-corrected chi connectivity index (χ3v) is 7.60. The standard InChI is InChI=1S/C35H36ClN3O3/c1-25-4-8-28(9-5-25)23-38-16-18-39(19-17-38)34(40)15-12-30-20-27(3)35(32(36)21-30)42-33-14-13-31(22-37-33)41-24-29-10-6-26(2)7-11-29/h4-15,20-22H,16-19,23-24H2,1-3H3. The number of pyridine rings is 1. The minimum absolute atomic E-state index is 0.00738. The molecule has 1 aromatic heterocycles. The molecule has 6 nitrogen and oxygen atoms in total. The van der Waals surface area contributed by atoms with Crippen LogP contribution >= 0.6 is 11.6 Å². The Morgan fingerprint density at radius 1 is 0.881 bits per heavy atom. The molecule has 0 atom stereocenters. The first-order valence-corrected chi connectivity index (χ1v) is 14.6. The summed E-state index contributed by atoms with van der Waals surface area (Å²) in [5.41, 5.74) is 6.56. The average Bonchev–Trinajstić information content (AvgIpc) is 2.99. The summed E-state index contributed by atoms with van der Waals surface area (Å²) < 4.78 is 11.8. The largest absolute Gasteiger partial charge is 0.487 e. The molecule has 7 heteroatoms. The molecule has 0 spiro atoms. The van der Waals surface area contributed by atoms with Gasteiger partial charge in [-0.15, -0.1) is 0 Å². The Morgan fingerprint density at radius 2 is 1.55 bits per heavy atom. The van der Waals surface area contributed by atoms with Crippen molar-refractivity contribution in [2.45, 2.75) is 33.9 Å². The van der Waals surface area contributed by atoms with Crippen molar-refractivity contribution in [1.82, 2.24) is 14.8 Å². The predicted octanol–water partition coefficient (Wildman–Crippen LogP) is 7.39. The summed E-state index contributed by atoms with van der Waals surface area (Å²) in [6.45, 7) is 10.6. The third-order valence-electron chi connectivity index (χ3n) is 7.32. The van der Waals surface area contributed by atoms with Crippen LogP contribution in [0.15, 0.2) is 85.1 Å². The number of halogens is 1. The van der Waals surface area contributed by atoms with E-state index in [0.29, 0.717) is 42.1 Å². The van der Waals surface area contributed by atoms with E-state index in [4.69, 9.17) is 21.1 Å². The molecule has 1 aliphatic heterocycles. The smallest absolute Gasteiger partial charge is 0.246 e. The minimum Gasteiger partial charge on any atom is -0.487 e. The fourth-order valence-electron chi connectivity index (χ4n) is 4.80. The van der Waals surface area contributed by atoms with Gasteiger partial charge in [-0.2, -0.15) is 0 Å². The zero-order valence-electron chi connectivity index (χ0n) is 24.3. The number of hydrogen-bond donors (Lipinski definition) is 0. The van der Waals surface area contributed by atoms with E-state index in [1.54, 1.807) is 24.4 Å². The second-order valence-corrected chi connectivity index (χ2v) is 11.2. The zero-order chi connectivity index (χ0) is 29.5. The number of ether oxygens (including phenoxy) is 2. The van der Waals surface area contributed by atoms with Crippen LogP contribution in [-0.4, -0.2) is 46.9 Å². The molecule has 2 heterocycles. The number of carbonyl (C=O) groups is 1. The van der Waals surface area contributed by atoms with Crippen LogP contribution in [0.5, 0.6) is 17.4 Å². The summed E-state index contributed by atoms with van der Waals surface area (Å²) in [5.74, 6) is 1.62. The van der Waals surface area contributed by atoms with Gasteiger partial charge in [0.2, 0.25) is 11.8 Å². The number of aromatic nitrogens is 1. The summed E-state index contributed by atoms with van der Waals surface area (Å²) in [7, 11) is 0. The molecule has 216 valence electrons. The Balaban J connectivity index is 1.12. The van der Waals surface area contributed by atoms with E-state index >= 15 is 0 Å². The molecule has 4 aromatic rings. The van der Waals surface area contributed by atoms with Gasteiger partial charge in [0.05, 0.1) is 11.2 Å². The van der Waals surface area contributed by atoms with Gasteiger partial charge in [0.25, 0.3) is 0 Å². The number of piperazine rings is 1. The lowest BCUT2D eigenvalue weighted by atomic mass is 10.1. The second kappa shape index (κ2) is 13.7. The Labute approximate surface area is 253 Å². The molecule has 0 aliphatic carbocycles. The molecule has 42 heavy (non-hydrogen) atoms. The fraction of sp³-hybridized carbons (Fsp3) is 0.257. The van der Waals surface area contributed by atoms with Crippen LogP contribution in [0.4, 0.5) is 0 Å². The molecule has 0 N–H and O–H groups in total. The summed E-state index contributed by atoms with van der Waals surface area (Å²) in [4.78, 5) is 21.5. The Morgan fingerprint density at radius 3 is 2.17 bits per heavy atom. The Hall–Kier alpha value is -4.13. The first-order chi connectivity index (χ1) is 20.3. The topological polar surface area (TPSA) is 54.9 Å². The van der Waals surface area contributed by atoms with Crippen molar-refractivity contribution in [2.24, 2.45) is 0 Å². The van der Waals surface area contributed by atoms with Crippen molar-refractivity contribution in [1.29, 1.82) is 0 Å². The van der Waals surface area contributed by atoms with Crippen LogP contribution in [0.25, 0.3) is 6.08 Å². The average molecular weight is 582 g/mol. The van der Waals surface area contributed by atoms with Crippen LogP contribution in [0.2, 0.25) is 5.02 Å². The lowest BCUT2D eigenvalue weighted by Crippen LogP contribution is -2.47. The van der Waals surface area contributed by atoms with Gasteiger partial charge >= 0.3 is 0 Å². The van der Waals surface area contributed by atoms with E-state index in [-0.39, 0.29) is 5.91 Å². The molecule has 1 saturated heterocycles. The van der Waals surface area contributed by atoms with Gasteiger partial charge in [0, 0.05) is 44.9 Å². The van der Waals surface area contributed by atoms with E-state index in [0.717, 1.165) is 36.3 Å². The van der Waals surface area contributed by atoms with Crippen molar-refractivity contribution in [3.05, 3.63) is 123 Å². The van der Waals surface area contributed by atoms with Gasteiger partial charge < -0.3 is 14.4 Å². The van der Waals surface area contributed by atoms with Crippen LogP contribution in [0.3, 0.4) is 0 Å². The number of amides is 1. The summed E-state index contributed by atoms with van der Waals surface area (Å²) in [5, 5.41) is 0.452. The normalized spacial score (nSPS) is 13.9. The highest BCUT2D eigenvalue weighted by molar-refractivity contribution is 6.32. The van der Waals surface area contributed by atoms with E-state index in [2.05, 4.69) is 72.3 Å². The van der Waals surface area contributed by atoms with Crippen molar-refractivity contribution in [3.8, 4) is 17.4 Å². The van der Waals surface area contributed by atoms with E-state index in [1.165, 1.54) is 16.7 Å². The first-order valence-electron chi connectivity index (χ1n) is 14.2. The van der Waals surface area contributed by atoms with Gasteiger partial charge in [0.1, 0.15) is 12.4 Å². The maximum Gasteiger partial charge on any atom is 0.246 e. The highest BCUT2D eigenvalue weighted by Crippen LogP contribution is 2.34. The summed E-state index contributed by atoms with van der Waals surface area (Å²) in [6, 6.07) is 24.2. The number of hydrogen-bond acceptors (Lipinski definition) is 5. The van der Waals surface area contributed by atoms with Gasteiger partial charge in [-0.3, -0.25) is 9.69 Å². The zero-order valence-corrected chi connectivity index (χ0v) is 25.1. The van der Waals surface area contributed by atoms with Crippen LogP contribution < -0.4 is 9.47 Å². The monoisotopic (exact) mass is 581 g/mol. The molecule has 1 aliphatic rings. The van der Waals surface area contributed by atoms with E-state index < -0.39 is 0 Å². The van der Waals surface area contributed by atoms with Crippen molar-refractivity contribution in [2.75, 3.05) is 26.2 Å². The first kappa shape index (κ1) is 29.4. The lowest BCUT2D eigenvalue weighted by molar-refractivity contribution is -0.127.